The normalized spacial score (nSPS) is 10.6. The van der Waals surface area contributed by atoms with Gasteiger partial charge in [0.1, 0.15) is 5.01 Å². The van der Waals surface area contributed by atoms with Crippen molar-refractivity contribution in [2.24, 2.45) is 0 Å². The van der Waals surface area contributed by atoms with E-state index in [0.29, 0.717) is 13.0 Å². The Kier molecular flexibility index (Phi) is 4.65. The third-order valence-corrected chi connectivity index (χ3v) is 5.05. The highest BCUT2D eigenvalue weighted by Crippen LogP contribution is 2.24. The van der Waals surface area contributed by atoms with E-state index >= 15 is 0 Å². The fourth-order valence-electron chi connectivity index (χ4n) is 2.04. The van der Waals surface area contributed by atoms with E-state index in [0.717, 1.165) is 21.1 Å². The number of benzene rings is 1. The number of hydrogen-bond acceptors (Lipinski definition) is 4. The van der Waals surface area contributed by atoms with Gasteiger partial charge in [0, 0.05) is 15.8 Å². The van der Waals surface area contributed by atoms with Gasteiger partial charge in [-0.2, -0.15) is 0 Å². The van der Waals surface area contributed by atoms with Gasteiger partial charge in [-0.25, -0.2) is 4.98 Å². The van der Waals surface area contributed by atoms with Crippen LogP contribution in [0.5, 0.6) is 0 Å². The standard InChI is InChI=1S/C17H16N2OS2/c1-12-4-6-13(7-5-12)17-19-14(11-22-17)9-16(20)18-10-15-3-2-8-21-15/h2-8,11H,9-10H2,1H3,(H,18,20). The number of thiophene rings is 1. The quantitative estimate of drug-likeness (QED) is 0.768. The van der Waals surface area contributed by atoms with Crippen molar-refractivity contribution in [3.8, 4) is 10.6 Å². The molecule has 0 radical (unpaired) electrons. The largest absolute Gasteiger partial charge is 0.351 e. The van der Waals surface area contributed by atoms with Gasteiger partial charge >= 0.3 is 0 Å². The highest BCUT2D eigenvalue weighted by molar-refractivity contribution is 7.13. The Balaban J connectivity index is 1.59. The fraction of sp³-hybridized carbons (Fsp3) is 0.176. The Morgan fingerprint density at radius 1 is 1.18 bits per heavy atom. The van der Waals surface area contributed by atoms with Crippen LogP contribution in [0.15, 0.2) is 47.2 Å². The molecule has 1 aromatic carbocycles. The van der Waals surface area contributed by atoms with Crippen LogP contribution < -0.4 is 5.32 Å². The molecule has 2 heterocycles. The lowest BCUT2D eigenvalue weighted by Crippen LogP contribution is -2.24. The molecule has 0 fully saturated rings. The smallest absolute Gasteiger partial charge is 0.226 e. The van der Waals surface area contributed by atoms with E-state index in [1.54, 1.807) is 22.7 Å². The lowest BCUT2D eigenvalue weighted by atomic mass is 10.2. The maximum Gasteiger partial charge on any atom is 0.226 e. The molecule has 112 valence electrons. The van der Waals surface area contributed by atoms with Gasteiger partial charge in [0.05, 0.1) is 18.7 Å². The molecule has 3 rings (SSSR count). The van der Waals surface area contributed by atoms with Gasteiger partial charge in [0.15, 0.2) is 0 Å². The molecule has 0 aliphatic heterocycles. The molecular formula is C17H16N2OS2. The molecule has 2 aromatic heterocycles. The highest BCUT2D eigenvalue weighted by Gasteiger charge is 2.09. The first kappa shape index (κ1) is 14.9. The second-order valence-electron chi connectivity index (χ2n) is 5.04. The van der Waals surface area contributed by atoms with E-state index in [2.05, 4.69) is 41.5 Å². The lowest BCUT2D eigenvalue weighted by Gasteiger charge is -2.01. The van der Waals surface area contributed by atoms with Crippen LogP contribution >= 0.6 is 22.7 Å². The predicted octanol–water partition coefficient (Wildman–Crippen LogP) is 4.04. The summed E-state index contributed by atoms with van der Waals surface area (Å²) >= 11 is 3.22. The number of amides is 1. The van der Waals surface area contributed by atoms with E-state index in [1.807, 2.05) is 22.9 Å². The number of nitrogens with zero attached hydrogens (tertiary/aromatic N) is 1. The van der Waals surface area contributed by atoms with E-state index in [-0.39, 0.29) is 5.91 Å². The second kappa shape index (κ2) is 6.85. The Bertz CT molecular complexity index is 745. The van der Waals surface area contributed by atoms with Crippen molar-refractivity contribution in [1.82, 2.24) is 10.3 Å². The molecule has 0 saturated carbocycles. The number of thiazole rings is 1. The summed E-state index contributed by atoms with van der Waals surface area (Å²) in [7, 11) is 0. The zero-order chi connectivity index (χ0) is 15.4. The number of hydrogen-bond donors (Lipinski definition) is 1. The molecule has 22 heavy (non-hydrogen) atoms. The summed E-state index contributed by atoms with van der Waals surface area (Å²) in [4.78, 5) is 17.7. The van der Waals surface area contributed by atoms with Crippen LogP contribution in [-0.2, 0) is 17.8 Å². The number of aromatic nitrogens is 1. The Hall–Kier alpha value is -1.98. The van der Waals surface area contributed by atoms with Gasteiger partial charge in [-0.15, -0.1) is 22.7 Å². The maximum absolute atomic E-state index is 12.0. The third-order valence-electron chi connectivity index (χ3n) is 3.23. The van der Waals surface area contributed by atoms with E-state index in [4.69, 9.17) is 0 Å². The minimum Gasteiger partial charge on any atom is -0.351 e. The number of aryl methyl sites for hydroxylation is 1. The molecule has 3 nitrogen and oxygen atoms in total. The molecule has 1 amide bonds. The average Bonchev–Trinajstić information content (AvgIpc) is 3.17. The van der Waals surface area contributed by atoms with Crippen LogP contribution in [-0.4, -0.2) is 10.9 Å². The first-order valence-electron chi connectivity index (χ1n) is 7.01. The van der Waals surface area contributed by atoms with Crippen molar-refractivity contribution in [2.75, 3.05) is 0 Å². The van der Waals surface area contributed by atoms with Crippen LogP contribution in [0.3, 0.4) is 0 Å². The zero-order valence-electron chi connectivity index (χ0n) is 12.2. The maximum atomic E-state index is 12.0. The van der Waals surface area contributed by atoms with Crippen LogP contribution in [0.2, 0.25) is 0 Å². The number of carbonyl (C=O) groups excluding carboxylic acids is 1. The molecule has 0 saturated heterocycles. The predicted molar refractivity (Wildman–Crippen MR) is 92.2 cm³/mol. The van der Waals surface area contributed by atoms with Gasteiger partial charge in [0.2, 0.25) is 5.91 Å². The topological polar surface area (TPSA) is 42.0 Å². The van der Waals surface area contributed by atoms with Crippen molar-refractivity contribution < 1.29 is 4.79 Å². The molecule has 5 heteroatoms. The number of rotatable bonds is 5. The Morgan fingerprint density at radius 3 is 2.73 bits per heavy atom. The van der Waals surface area contributed by atoms with Crippen LogP contribution in [0.4, 0.5) is 0 Å². The molecule has 3 aromatic rings. The van der Waals surface area contributed by atoms with Gasteiger partial charge in [-0.3, -0.25) is 4.79 Å². The summed E-state index contributed by atoms with van der Waals surface area (Å²) in [5.74, 6) is 0.00848. The summed E-state index contributed by atoms with van der Waals surface area (Å²) in [6, 6.07) is 12.3. The van der Waals surface area contributed by atoms with Crippen LogP contribution in [0.1, 0.15) is 16.1 Å². The molecule has 0 aliphatic rings. The summed E-state index contributed by atoms with van der Waals surface area (Å²) in [6.45, 7) is 2.65. The van der Waals surface area contributed by atoms with Crippen molar-refractivity contribution in [3.05, 3.63) is 63.3 Å². The van der Waals surface area contributed by atoms with Crippen molar-refractivity contribution in [1.29, 1.82) is 0 Å². The van der Waals surface area contributed by atoms with Crippen molar-refractivity contribution >= 4 is 28.6 Å². The Morgan fingerprint density at radius 2 is 2.00 bits per heavy atom. The molecular weight excluding hydrogens is 312 g/mol. The van der Waals surface area contributed by atoms with Crippen LogP contribution in [0, 0.1) is 6.92 Å². The summed E-state index contributed by atoms with van der Waals surface area (Å²) in [6.07, 6.45) is 0.327. The number of carbonyl (C=O) groups is 1. The highest BCUT2D eigenvalue weighted by atomic mass is 32.1. The van der Waals surface area contributed by atoms with Gasteiger partial charge in [0.25, 0.3) is 0 Å². The summed E-state index contributed by atoms with van der Waals surface area (Å²) < 4.78 is 0. The van der Waals surface area contributed by atoms with Crippen LogP contribution in [0.25, 0.3) is 10.6 Å². The molecule has 0 unspecified atom stereocenters. The number of nitrogens with one attached hydrogen (secondary N) is 1. The minimum absolute atomic E-state index is 0.00848. The SMILES string of the molecule is Cc1ccc(-c2nc(CC(=O)NCc3cccs3)cs2)cc1. The van der Waals surface area contributed by atoms with E-state index in [1.165, 1.54) is 5.56 Å². The molecule has 0 spiro atoms. The molecule has 0 atom stereocenters. The summed E-state index contributed by atoms with van der Waals surface area (Å²) in [5, 5.41) is 7.85. The first-order valence-corrected chi connectivity index (χ1v) is 8.77. The molecule has 1 N–H and O–H groups in total. The van der Waals surface area contributed by atoms with Gasteiger partial charge in [-0.05, 0) is 18.4 Å². The van der Waals surface area contributed by atoms with E-state index in [9.17, 15) is 4.79 Å². The first-order chi connectivity index (χ1) is 10.7. The van der Waals surface area contributed by atoms with Gasteiger partial charge in [-0.1, -0.05) is 35.9 Å². The minimum atomic E-state index is 0.00848. The molecule has 0 bridgehead atoms. The monoisotopic (exact) mass is 328 g/mol. The average molecular weight is 328 g/mol. The fourth-order valence-corrected chi connectivity index (χ4v) is 3.51. The van der Waals surface area contributed by atoms with Crippen molar-refractivity contribution in [3.63, 3.8) is 0 Å². The zero-order valence-corrected chi connectivity index (χ0v) is 13.8. The Labute approximate surface area is 137 Å². The third kappa shape index (κ3) is 3.81. The molecule has 0 aliphatic carbocycles. The lowest BCUT2D eigenvalue weighted by molar-refractivity contribution is -0.120. The summed E-state index contributed by atoms with van der Waals surface area (Å²) in [5.41, 5.74) is 3.15. The van der Waals surface area contributed by atoms with Crippen molar-refractivity contribution in [2.45, 2.75) is 19.9 Å². The van der Waals surface area contributed by atoms with Gasteiger partial charge < -0.3 is 5.32 Å². The second-order valence-corrected chi connectivity index (χ2v) is 6.93. The van der Waals surface area contributed by atoms with E-state index < -0.39 is 0 Å².